The maximum absolute atomic E-state index is 6.08. The van der Waals surface area contributed by atoms with E-state index in [-0.39, 0.29) is 0 Å². The summed E-state index contributed by atoms with van der Waals surface area (Å²) in [7, 11) is 0. The minimum atomic E-state index is 0.643. The lowest BCUT2D eigenvalue weighted by Gasteiger charge is -2.31. The molecule has 4 rings (SSSR count). The van der Waals surface area contributed by atoms with Gasteiger partial charge in [0.2, 0.25) is 0 Å². The van der Waals surface area contributed by atoms with E-state index < -0.39 is 0 Å². The van der Waals surface area contributed by atoms with Gasteiger partial charge in [-0.15, -0.1) is 6.42 Å². The van der Waals surface area contributed by atoms with Crippen LogP contribution in [0.2, 0.25) is 5.02 Å². The Kier molecular flexibility index (Phi) is 4.46. The van der Waals surface area contributed by atoms with E-state index in [4.69, 9.17) is 18.0 Å². The molecule has 0 amide bonds. The molecule has 2 N–H and O–H groups in total. The lowest BCUT2D eigenvalue weighted by atomic mass is 10.0. The van der Waals surface area contributed by atoms with Gasteiger partial charge in [-0.25, -0.2) is 9.97 Å². The molecule has 0 unspecified atom stereocenters. The number of terminal acetylenes is 1. The summed E-state index contributed by atoms with van der Waals surface area (Å²) in [5, 5.41) is 10.8. The van der Waals surface area contributed by atoms with Gasteiger partial charge in [-0.05, 0) is 18.2 Å². The van der Waals surface area contributed by atoms with Crippen LogP contribution >= 0.6 is 11.6 Å². The van der Waals surface area contributed by atoms with Gasteiger partial charge in [-0.2, -0.15) is 5.10 Å². The van der Waals surface area contributed by atoms with Gasteiger partial charge in [-0.3, -0.25) is 5.10 Å². The Morgan fingerprint density at radius 1 is 1.35 bits per heavy atom. The largest absolute Gasteiger partial charge is 0.366 e. The van der Waals surface area contributed by atoms with Crippen LogP contribution in [-0.4, -0.2) is 26.7 Å². The third kappa shape index (κ3) is 3.22. The van der Waals surface area contributed by atoms with Crippen molar-refractivity contribution in [2.24, 2.45) is 0 Å². The molecule has 0 fully saturated rings. The average molecular weight is 365 g/mol. The molecule has 1 aromatic carbocycles. The van der Waals surface area contributed by atoms with E-state index in [0.717, 1.165) is 46.9 Å². The third-order valence-corrected chi connectivity index (χ3v) is 4.71. The summed E-state index contributed by atoms with van der Waals surface area (Å²) in [6, 6.07) is 5.67. The highest BCUT2D eigenvalue weighted by Gasteiger charge is 2.22. The van der Waals surface area contributed by atoms with E-state index in [1.165, 1.54) is 0 Å². The predicted molar refractivity (Wildman–Crippen MR) is 102 cm³/mol. The lowest BCUT2D eigenvalue weighted by molar-refractivity contribution is 0.705. The number of hydrogen-bond donors (Lipinski definition) is 2. The molecule has 0 saturated heterocycles. The van der Waals surface area contributed by atoms with Crippen LogP contribution in [0.4, 0.5) is 11.5 Å². The first-order chi connectivity index (χ1) is 12.7. The number of fused-ring (bicyclic) bond motifs is 1. The normalized spacial score (nSPS) is 13.2. The maximum Gasteiger partial charge on any atom is 0.134 e. The second-order valence-electron chi connectivity index (χ2n) is 6.08. The van der Waals surface area contributed by atoms with E-state index in [1.54, 1.807) is 12.5 Å². The molecule has 0 spiro atoms. The van der Waals surface area contributed by atoms with Crippen molar-refractivity contribution in [3.8, 4) is 12.3 Å². The number of nitrogens with zero attached hydrogens (tertiary/aromatic N) is 4. The first-order valence-corrected chi connectivity index (χ1v) is 8.68. The molecule has 3 aromatic rings. The molecule has 26 heavy (non-hydrogen) atoms. The summed E-state index contributed by atoms with van der Waals surface area (Å²) in [6.45, 7) is 2.19. The summed E-state index contributed by atoms with van der Waals surface area (Å²) in [5.41, 5.74) is 5.04. The predicted octanol–water partition coefficient (Wildman–Crippen LogP) is 3.01. The average Bonchev–Trinajstić information content (AvgIpc) is 3.19. The van der Waals surface area contributed by atoms with Gasteiger partial charge in [0, 0.05) is 54.0 Å². The molecule has 2 aromatic heterocycles. The number of nitrogens with one attached hydrogen (secondary N) is 2. The fraction of sp³-hybridized carbons (Fsp3) is 0.211. The molecular weight excluding hydrogens is 348 g/mol. The summed E-state index contributed by atoms with van der Waals surface area (Å²) in [4.78, 5) is 11.1. The van der Waals surface area contributed by atoms with Gasteiger partial charge in [0.1, 0.15) is 12.1 Å². The Morgan fingerprint density at radius 2 is 2.27 bits per heavy atom. The number of H-pyrrole nitrogens is 1. The molecule has 6 nitrogen and oxygen atoms in total. The zero-order valence-corrected chi connectivity index (χ0v) is 14.8. The quantitative estimate of drug-likeness (QED) is 0.696. The van der Waals surface area contributed by atoms with E-state index in [1.807, 2.05) is 24.4 Å². The van der Waals surface area contributed by atoms with Gasteiger partial charge in [-0.1, -0.05) is 17.5 Å². The first-order valence-electron chi connectivity index (χ1n) is 8.30. The molecule has 1 aliphatic heterocycles. The number of rotatable bonds is 4. The van der Waals surface area contributed by atoms with Gasteiger partial charge in [0.25, 0.3) is 0 Å². The molecule has 0 aliphatic carbocycles. The summed E-state index contributed by atoms with van der Waals surface area (Å²) in [6.07, 6.45) is 11.8. The summed E-state index contributed by atoms with van der Waals surface area (Å²) < 4.78 is 0. The highest BCUT2D eigenvalue weighted by atomic mass is 35.5. The fourth-order valence-corrected chi connectivity index (χ4v) is 3.33. The van der Waals surface area contributed by atoms with Gasteiger partial charge in [0.05, 0.1) is 17.6 Å². The zero-order chi connectivity index (χ0) is 17.9. The molecule has 0 saturated carbocycles. The van der Waals surface area contributed by atoms with E-state index in [0.29, 0.717) is 18.1 Å². The number of benzene rings is 1. The number of halogens is 1. The maximum atomic E-state index is 6.08. The minimum absolute atomic E-state index is 0.643. The third-order valence-electron chi connectivity index (χ3n) is 4.47. The topological polar surface area (TPSA) is 69.7 Å². The van der Waals surface area contributed by atoms with Crippen molar-refractivity contribution in [1.29, 1.82) is 0 Å². The number of hydrogen-bond acceptors (Lipinski definition) is 5. The van der Waals surface area contributed by atoms with Crippen molar-refractivity contribution < 1.29 is 0 Å². The summed E-state index contributed by atoms with van der Waals surface area (Å²) in [5.74, 6) is 3.58. The number of aromatic amines is 1. The Morgan fingerprint density at radius 3 is 3.08 bits per heavy atom. The van der Waals surface area contributed by atoms with Gasteiger partial charge >= 0.3 is 0 Å². The first kappa shape index (κ1) is 16.4. The number of anilines is 2. The standard InChI is InChI=1S/C19H17ClN6/c1-2-14-7-15(20)3-4-18(14)26-6-5-17-16(11-26)19(23-12-22-17)21-8-13-9-24-25-10-13/h1,3-4,7,9-10,12H,5-6,8,11H2,(H,24,25)(H,21,22,23). The van der Waals surface area contributed by atoms with Crippen molar-refractivity contribution in [3.63, 3.8) is 0 Å². The van der Waals surface area contributed by atoms with E-state index in [2.05, 4.69) is 36.3 Å². The Bertz CT molecular complexity index is 961. The van der Waals surface area contributed by atoms with Crippen LogP contribution in [0, 0.1) is 12.3 Å². The van der Waals surface area contributed by atoms with Crippen LogP contribution in [0.25, 0.3) is 0 Å². The van der Waals surface area contributed by atoms with Gasteiger partial charge < -0.3 is 10.2 Å². The minimum Gasteiger partial charge on any atom is -0.366 e. The molecule has 3 heterocycles. The van der Waals surface area contributed by atoms with Crippen LogP contribution in [-0.2, 0) is 19.5 Å². The van der Waals surface area contributed by atoms with Crippen LogP contribution in [0.1, 0.15) is 22.4 Å². The SMILES string of the molecule is C#Cc1cc(Cl)ccc1N1CCc2ncnc(NCc3cn[nH]c3)c2C1. The zero-order valence-electron chi connectivity index (χ0n) is 14.0. The van der Waals surface area contributed by atoms with Crippen molar-refractivity contribution >= 4 is 23.1 Å². The molecule has 7 heteroatoms. The van der Waals surface area contributed by atoms with Crippen molar-refractivity contribution in [2.45, 2.75) is 19.5 Å². The Labute approximate surface area is 156 Å². The molecule has 130 valence electrons. The monoisotopic (exact) mass is 364 g/mol. The smallest absolute Gasteiger partial charge is 0.134 e. The van der Waals surface area contributed by atoms with E-state index >= 15 is 0 Å². The molecule has 0 bridgehead atoms. The van der Waals surface area contributed by atoms with E-state index in [9.17, 15) is 0 Å². The molecule has 1 aliphatic rings. The van der Waals surface area contributed by atoms with Crippen LogP contribution in [0.5, 0.6) is 0 Å². The van der Waals surface area contributed by atoms with Crippen molar-refractivity contribution in [1.82, 2.24) is 20.2 Å². The Balaban J connectivity index is 1.61. The summed E-state index contributed by atoms with van der Waals surface area (Å²) >= 11 is 6.08. The van der Waals surface area contributed by atoms with Gasteiger partial charge in [0.15, 0.2) is 0 Å². The lowest BCUT2D eigenvalue weighted by Crippen LogP contribution is -2.32. The van der Waals surface area contributed by atoms with Crippen LogP contribution in [0.15, 0.2) is 36.9 Å². The molecule has 0 radical (unpaired) electrons. The van der Waals surface area contributed by atoms with Crippen molar-refractivity contribution in [2.75, 3.05) is 16.8 Å². The second-order valence-corrected chi connectivity index (χ2v) is 6.52. The highest BCUT2D eigenvalue weighted by Crippen LogP contribution is 2.30. The van der Waals surface area contributed by atoms with Crippen LogP contribution in [0.3, 0.4) is 0 Å². The van der Waals surface area contributed by atoms with Crippen LogP contribution < -0.4 is 10.2 Å². The fourth-order valence-electron chi connectivity index (χ4n) is 3.16. The Hall–Kier alpha value is -3.04. The highest BCUT2D eigenvalue weighted by molar-refractivity contribution is 6.30. The number of aromatic nitrogens is 4. The second kappa shape index (κ2) is 7.06. The molecular formula is C19H17ClN6. The molecule has 0 atom stereocenters. The van der Waals surface area contributed by atoms with Crippen molar-refractivity contribution in [3.05, 3.63) is 64.3 Å².